The number of nitrogens with zero attached hydrogens (tertiary/aromatic N) is 3. The molecule has 2 N–H and O–H groups in total. The number of para-hydroxylation sites is 2. The summed E-state index contributed by atoms with van der Waals surface area (Å²) in [6.45, 7) is 10.3. The lowest BCUT2D eigenvalue weighted by Gasteiger charge is -2.38. The van der Waals surface area contributed by atoms with Crippen molar-refractivity contribution < 1.29 is 14.3 Å². The van der Waals surface area contributed by atoms with E-state index in [-0.39, 0.29) is 11.9 Å². The summed E-state index contributed by atoms with van der Waals surface area (Å²) < 4.78 is 5.55. The maximum Gasteiger partial charge on any atom is 0.323 e. The highest BCUT2D eigenvalue weighted by Gasteiger charge is 2.25. The van der Waals surface area contributed by atoms with Gasteiger partial charge in [0.1, 0.15) is 5.75 Å². The average Bonchev–Trinajstić information content (AvgIpc) is 2.95. The molecule has 0 bridgehead atoms. The monoisotopic (exact) mass is 515 g/mol. The molecule has 3 aromatic carbocycles. The molecule has 0 aliphatic carbocycles. The van der Waals surface area contributed by atoms with Crippen LogP contribution < -0.4 is 25.2 Å². The zero-order valence-electron chi connectivity index (χ0n) is 22.7. The lowest BCUT2D eigenvalue weighted by molar-refractivity contribution is 0.0773. The molecule has 3 amide bonds. The number of benzene rings is 3. The number of hydrogen-bond acceptors (Lipinski definition) is 5. The van der Waals surface area contributed by atoms with Crippen LogP contribution in [-0.4, -0.2) is 63.2 Å². The van der Waals surface area contributed by atoms with Gasteiger partial charge in [-0.3, -0.25) is 4.79 Å². The van der Waals surface area contributed by atoms with Crippen LogP contribution in [0.4, 0.5) is 27.5 Å². The molecule has 1 saturated heterocycles. The summed E-state index contributed by atoms with van der Waals surface area (Å²) in [4.78, 5) is 32.6. The van der Waals surface area contributed by atoms with Gasteiger partial charge >= 0.3 is 6.03 Å². The van der Waals surface area contributed by atoms with Crippen LogP contribution in [0.15, 0.2) is 66.7 Å². The number of nitrogens with one attached hydrogen (secondary N) is 2. The first-order chi connectivity index (χ1) is 18.4. The van der Waals surface area contributed by atoms with E-state index in [4.69, 9.17) is 4.74 Å². The Hall–Kier alpha value is -4.20. The summed E-state index contributed by atoms with van der Waals surface area (Å²) in [6, 6.07) is 20.9. The van der Waals surface area contributed by atoms with Crippen molar-refractivity contribution in [3.8, 4) is 5.75 Å². The Morgan fingerprint density at radius 3 is 2.03 bits per heavy atom. The molecule has 0 radical (unpaired) electrons. The van der Waals surface area contributed by atoms with E-state index in [0.717, 1.165) is 48.9 Å². The van der Waals surface area contributed by atoms with E-state index in [0.29, 0.717) is 30.0 Å². The van der Waals surface area contributed by atoms with Crippen molar-refractivity contribution in [3.05, 3.63) is 77.9 Å². The van der Waals surface area contributed by atoms with Gasteiger partial charge in [0.25, 0.3) is 5.91 Å². The van der Waals surface area contributed by atoms with Crippen LogP contribution in [0, 0.1) is 6.92 Å². The molecule has 1 aliphatic rings. The average molecular weight is 516 g/mol. The maximum absolute atomic E-state index is 13.5. The number of amides is 3. The van der Waals surface area contributed by atoms with Crippen LogP contribution >= 0.6 is 0 Å². The Kier molecular flexibility index (Phi) is 8.73. The van der Waals surface area contributed by atoms with Crippen LogP contribution in [-0.2, 0) is 0 Å². The van der Waals surface area contributed by atoms with Gasteiger partial charge in [-0.15, -0.1) is 0 Å². The third-order valence-corrected chi connectivity index (χ3v) is 6.89. The van der Waals surface area contributed by atoms with Crippen molar-refractivity contribution in [2.24, 2.45) is 0 Å². The third kappa shape index (κ3) is 6.19. The van der Waals surface area contributed by atoms with E-state index in [2.05, 4.69) is 26.5 Å². The quantitative estimate of drug-likeness (QED) is 0.417. The minimum Gasteiger partial charge on any atom is -0.495 e. The van der Waals surface area contributed by atoms with Crippen molar-refractivity contribution in [1.29, 1.82) is 0 Å². The lowest BCUT2D eigenvalue weighted by Crippen LogP contribution is -2.47. The van der Waals surface area contributed by atoms with E-state index >= 15 is 0 Å². The molecule has 1 fully saturated rings. The molecule has 8 heteroatoms. The van der Waals surface area contributed by atoms with Crippen LogP contribution in [0.25, 0.3) is 0 Å². The first kappa shape index (κ1) is 26.9. The van der Waals surface area contributed by atoms with Gasteiger partial charge in [-0.05, 0) is 63.2 Å². The van der Waals surface area contributed by atoms with Gasteiger partial charge in [-0.25, -0.2) is 4.79 Å². The number of aryl methyl sites for hydroxylation is 1. The van der Waals surface area contributed by atoms with Crippen molar-refractivity contribution >= 4 is 34.7 Å². The standard InChI is InChI=1S/C30H37N5O3/c1-5-33(6-2)29(36)25-21-24(32-30(37)31-23-13-11-22(3)12-14-23)15-16-26(25)34-17-19-35(20-18-34)27-9-7-8-10-28(27)38-4/h7-16,21H,5-6,17-20H2,1-4H3,(H2,31,32,37). The van der Waals surface area contributed by atoms with Crippen molar-refractivity contribution in [1.82, 2.24) is 4.90 Å². The number of ether oxygens (including phenoxy) is 1. The number of carbonyl (C=O) groups excluding carboxylic acids is 2. The molecule has 0 atom stereocenters. The fourth-order valence-electron chi connectivity index (χ4n) is 4.75. The fraction of sp³-hybridized carbons (Fsp3) is 0.333. The highest BCUT2D eigenvalue weighted by Crippen LogP contribution is 2.31. The predicted octanol–water partition coefficient (Wildman–Crippen LogP) is 5.46. The van der Waals surface area contributed by atoms with Crippen molar-refractivity contribution in [3.63, 3.8) is 0 Å². The van der Waals surface area contributed by atoms with E-state index in [1.807, 2.05) is 75.4 Å². The van der Waals surface area contributed by atoms with E-state index in [1.165, 1.54) is 0 Å². The number of anilines is 4. The lowest BCUT2D eigenvalue weighted by atomic mass is 10.1. The fourth-order valence-corrected chi connectivity index (χ4v) is 4.75. The molecule has 3 aromatic rings. The first-order valence-electron chi connectivity index (χ1n) is 13.1. The summed E-state index contributed by atoms with van der Waals surface area (Å²) in [7, 11) is 1.69. The second-order valence-corrected chi connectivity index (χ2v) is 9.30. The van der Waals surface area contributed by atoms with E-state index < -0.39 is 0 Å². The number of piperazine rings is 1. The summed E-state index contributed by atoms with van der Waals surface area (Å²) in [5.74, 6) is 0.817. The topological polar surface area (TPSA) is 77.2 Å². The molecule has 4 rings (SSSR count). The molecule has 38 heavy (non-hydrogen) atoms. The molecule has 1 heterocycles. The predicted molar refractivity (Wildman–Crippen MR) is 155 cm³/mol. The van der Waals surface area contributed by atoms with Gasteiger partial charge < -0.3 is 30.1 Å². The largest absolute Gasteiger partial charge is 0.495 e. The Morgan fingerprint density at radius 1 is 0.816 bits per heavy atom. The van der Waals surface area contributed by atoms with Gasteiger partial charge in [0.05, 0.1) is 18.4 Å². The van der Waals surface area contributed by atoms with Gasteiger partial charge in [0, 0.05) is 56.3 Å². The molecule has 0 aromatic heterocycles. The summed E-state index contributed by atoms with van der Waals surface area (Å²) >= 11 is 0. The number of rotatable bonds is 8. The second kappa shape index (κ2) is 12.4. The van der Waals surface area contributed by atoms with Crippen molar-refractivity contribution in [2.75, 3.05) is 66.8 Å². The third-order valence-electron chi connectivity index (χ3n) is 6.89. The second-order valence-electron chi connectivity index (χ2n) is 9.30. The number of urea groups is 1. The number of hydrogen-bond donors (Lipinski definition) is 2. The molecule has 0 saturated carbocycles. The van der Waals surface area contributed by atoms with Gasteiger partial charge in [-0.1, -0.05) is 29.8 Å². The smallest absolute Gasteiger partial charge is 0.323 e. The highest BCUT2D eigenvalue weighted by atomic mass is 16.5. The Bertz CT molecular complexity index is 1250. The first-order valence-corrected chi connectivity index (χ1v) is 13.1. The van der Waals surface area contributed by atoms with Crippen LogP contribution in [0.1, 0.15) is 29.8 Å². The Morgan fingerprint density at radius 2 is 1.39 bits per heavy atom. The SMILES string of the molecule is CCN(CC)C(=O)c1cc(NC(=O)Nc2ccc(C)cc2)ccc1N1CCN(c2ccccc2OC)CC1. The van der Waals surface area contributed by atoms with Crippen molar-refractivity contribution in [2.45, 2.75) is 20.8 Å². The zero-order chi connectivity index (χ0) is 27.1. The Labute approximate surface area is 225 Å². The normalized spacial score (nSPS) is 13.2. The van der Waals surface area contributed by atoms with Crippen LogP contribution in [0.3, 0.4) is 0 Å². The molecular weight excluding hydrogens is 478 g/mol. The summed E-state index contributed by atoms with van der Waals surface area (Å²) in [6.07, 6.45) is 0. The Balaban J connectivity index is 1.53. The van der Waals surface area contributed by atoms with Gasteiger partial charge in [0.2, 0.25) is 0 Å². The summed E-state index contributed by atoms with van der Waals surface area (Å²) in [5, 5.41) is 5.73. The molecule has 200 valence electrons. The number of methoxy groups -OCH3 is 1. The van der Waals surface area contributed by atoms with Crippen LogP contribution in [0.5, 0.6) is 5.75 Å². The summed E-state index contributed by atoms with van der Waals surface area (Å²) in [5.41, 5.74) is 4.94. The molecule has 0 unspecified atom stereocenters. The highest BCUT2D eigenvalue weighted by molar-refractivity contribution is 6.04. The maximum atomic E-state index is 13.5. The molecule has 1 aliphatic heterocycles. The van der Waals surface area contributed by atoms with E-state index in [1.54, 1.807) is 18.1 Å². The molecule has 8 nitrogen and oxygen atoms in total. The molecule has 0 spiro atoms. The minimum absolute atomic E-state index is 0.0419. The minimum atomic E-state index is -0.353. The van der Waals surface area contributed by atoms with E-state index in [9.17, 15) is 9.59 Å². The zero-order valence-corrected chi connectivity index (χ0v) is 22.7. The van der Waals surface area contributed by atoms with Crippen LogP contribution in [0.2, 0.25) is 0 Å². The molecular formula is C30H37N5O3. The number of carbonyl (C=O) groups is 2. The van der Waals surface area contributed by atoms with Gasteiger partial charge in [-0.2, -0.15) is 0 Å². The van der Waals surface area contributed by atoms with Gasteiger partial charge in [0.15, 0.2) is 0 Å².